The Hall–Kier alpha value is -2.19. The fourth-order valence-electron chi connectivity index (χ4n) is 0.431. The van der Waals surface area contributed by atoms with Crippen LogP contribution in [0.4, 0.5) is 0 Å². The van der Waals surface area contributed by atoms with Crippen LogP contribution < -0.4 is 5.32 Å². The Morgan fingerprint density at radius 1 is 1.69 bits per heavy atom. The molecule has 68 valence electrons. The highest BCUT2D eigenvalue weighted by molar-refractivity contribution is 6.45. The minimum absolute atomic E-state index is 0.243. The van der Waals surface area contributed by atoms with Crippen molar-refractivity contribution in [2.45, 2.75) is 0 Å². The topological polar surface area (TPSA) is 104 Å². The third-order valence-corrected chi connectivity index (χ3v) is 0.887. The van der Waals surface area contributed by atoms with Crippen molar-refractivity contribution in [3.05, 3.63) is 0 Å². The van der Waals surface area contributed by atoms with Gasteiger partial charge in [-0.15, -0.1) is 0 Å². The number of aliphatic imine (C=N–C) groups is 1. The average Bonchev–Trinajstić information content (AvgIpc) is 2.14. The van der Waals surface area contributed by atoms with Gasteiger partial charge in [-0.1, -0.05) is 5.16 Å². The summed E-state index contributed by atoms with van der Waals surface area (Å²) in [5.41, 5.74) is -0.441. The van der Waals surface area contributed by atoms with Crippen LogP contribution in [0.3, 0.4) is 0 Å². The Labute approximate surface area is 73.7 Å². The highest BCUT2D eigenvalue weighted by atomic mass is 16.6. The van der Waals surface area contributed by atoms with Crippen LogP contribution in [0.2, 0.25) is 0 Å². The molecule has 0 aliphatic rings. The fourth-order valence-corrected chi connectivity index (χ4v) is 0.431. The quantitative estimate of drug-likeness (QED) is 0.339. The molecule has 0 spiro atoms. The van der Waals surface area contributed by atoms with Gasteiger partial charge in [0.15, 0.2) is 0 Å². The molecule has 1 N–H and O–H groups in total. The number of isocyanates is 1. The van der Waals surface area contributed by atoms with Crippen LogP contribution >= 0.6 is 0 Å². The number of hydrogen-bond acceptors (Lipinski definition) is 6. The molecule has 7 nitrogen and oxygen atoms in total. The maximum Gasteiger partial charge on any atom is 0.285 e. The SMILES string of the molecule is CO/N=C(\C#N)C(=O)NCN=C=O. The lowest BCUT2D eigenvalue weighted by Crippen LogP contribution is -2.30. The summed E-state index contributed by atoms with van der Waals surface area (Å²) < 4.78 is 0. The van der Waals surface area contributed by atoms with Gasteiger partial charge in [0.2, 0.25) is 11.8 Å². The van der Waals surface area contributed by atoms with Crippen LogP contribution in [0.15, 0.2) is 10.1 Å². The van der Waals surface area contributed by atoms with Gasteiger partial charge in [0, 0.05) is 0 Å². The van der Waals surface area contributed by atoms with Gasteiger partial charge in [0.1, 0.15) is 19.8 Å². The Bertz CT molecular complexity index is 297. The van der Waals surface area contributed by atoms with Crippen LogP contribution in [-0.4, -0.2) is 31.5 Å². The van der Waals surface area contributed by atoms with Crippen molar-refractivity contribution in [3.63, 3.8) is 0 Å². The summed E-state index contributed by atoms with van der Waals surface area (Å²) in [5.74, 6) is -0.761. The van der Waals surface area contributed by atoms with Gasteiger partial charge in [-0.05, 0) is 0 Å². The molecule has 7 heteroatoms. The molecule has 0 aromatic heterocycles. The molecule has 0 unspecified atom stereocenters. The third-order valence-electron chi connectivity index (χ3n) is 0.887. The lowest BCUT2D eigenvalue weighted by atomic mass is 10.4. The molecule has 0 saturated carbocycles. The molecule has 0 saturated heterocycles. The summed E-state index contributed by atoms with van der Waals surface area (Å²) in [7, 11) is 1.20. The van der Waals surface area contributed by atoms with Gasteiger partial charge in [0.25, 0.3) is 5.91 Å². The molecule has 0 aliphatic carbocycles. The minimum Gasteiger partial charge on any atom is -0.398 e. The van der Waals surface area contributed by atoms with E-state index in [0.717, 1.165) is 0 Å². The maximum atomic E-state index is 10.9. The van der Waals surface area contributed by atoms with E-state index in [4.69, 9.17) is 5.26 Å². The molecule has 0 radical (unpaired) electrons. The van der Waals surface area contributed by atoms with Crippen LogP contribution in [0.25, 0.3) is 0 Å². The van der Waals surface area contributed by atoms with Gasteiger partial charge in [-0.25, -0.2) is 4.79 Å². The molecule has 1 amide bonds. The molecule has 0 rings (SSSR count). The Kier molecular flexibility index (Phi) is 5.42. The van der Waals surface area contributed by atoms with E-state index >= 15 is 0 Å². The van der Waals surface area contributed by atoms with Crippen LogP contribution in [0.1, 0.15) is 0 Å². The second kappa shape index (κ2) is 6.52. The van der Waals surface area contributed by atoms with E-state index in [1.54, 1.807) is 0 Å². The number of carbonyl (C=O) groups is 1. The van der Waals surface area contributed by atoms with Crippen LogP contribution in [0.5, 0.6) is 0 Å². The van der Waals surface area contributed by atoms with Crippen LogP contribution in [0, 0.1) is 11.3 Å². The van der Waals surface area contributed by atoms with Gasteiger partial charge in [-0.2, -0.15) is 10.3 Å². The molecule has 0 heterocycles. The van der Waals surface area contributed by atoms with Crippen molar-refractivity contribution < 1.29 is 14.4 Å². The van der Waals surface area contributed by atoms with E-state index in [1.807, 2.05) is 0 Å². The zero-order valence-electron chi connectivity index (χ0n) is 6.77. The Morgan fingerprint density at radius 3 is 2.85 bits per heavy atom. The summed E-state index contributed by atoms with van der Waals surface area (Å²) in [5, 5.41) is 13.6. The van der Waals surface area contributed by atoms with Crippen molar-refractivity contribution in [2.75, 3.05) is 13.8 Å². The van der Waals surface area contributed by atoms with E-state index in [-0.39, 0.29) is 6.67 Å². The summed E-state index contributed by atoms with van der Waals surface area (Å²) in [6, 6.07) is 1.50. The smallest absolute Gasteiger partial charge is 0.285 e. The maximum absolute atomic E-state index is 10.9. The van der Waals surface area contributed by atoms with E-state index in [0.29, 0.717) is 0 Å². The Balaban J connectivity index is 4.17. The number of hydrogen-bond donors (Lipinski definition) is 1. The first-order valence-electron chi connectivity index (χ1n) is 3.09. The number of nitrogens with one attached hydrogen (secondary N) is 1. The largest absolute Gasteiger partial charge is 0.398 e. The molecule has 0 atom stereocenters. The molecule has 0 aromatic carbocycles. The zero-order chi connectivity index (χ0) is 10.1. The highest BCUT2D eigenvalue weighted by Gasteiger charge is 2.09. The average molecular weight is 182 g/mol. The summed E-state index contributed by atoms with van der Waals surface area (Å²) in [6.07, 6.45) is 1.22. The summed E-state index contributed by atoms with van der Waals surface area (Å²) in [4.78, 5) is 27.8. The van der Waals surface area contributed by atoms with Crippen molar-refractivity contribution in [1.82, 2.24) is 5.32 Å². The molecular weight excluding hydrogens is 176 g/mol. The normalized spacial score (nSPS) is 9.38. The molecular formula is C6H6N4O3. The summed E-state index contributed by atoms with van der Waals surface area (Å²) >= 11 is 0. The fraction of sp³-hybridized carbons (Fsp3) is 0.333. The monoisotopic (exact) mass is 182 g/mol. The van der Waals surface area contributed by atoms with E-state index < -0.39 is 11.6 Å². The van der Waals surface area contributed by atoms with Crippen LogP contribution in [-0.2, 0) is 14.4 Å². The molecule has 0 bridgehead atoms. The zero-order valence-corrected chi connectivity index (χ0v) is 6.77. The number of oxime groups is 1. The predicted octanol–water partition coefficient (Wildman–Crippen LogP) is -1.08. The predicted molar refractivity (Wildman–Crippen MR) is 41.2 cm³/mol. The molecule has 0 aromatic rings. The molecule has 13 heavy (non-hydrogen) atoms. The van der Waals surface area contributed by atoms with E-state index in [2.05, 4.69) is 20.3 Å². The molecule has 0 fully saturated rings. The first kappa shape index (κ1) is 10.8. The van der Waals surface area contributed by atoms with Gasteiger partial charge in [0.05, 0.1) is 0 Å². The number of amides is 1. The van der Waals surface area contributed by atoms with Crippen molar-refractivity contribution in [1.29, 1.82) is 5.26 Å². The first-order valence-corrected chi connectivity index (χ1v) is 3.09. The molecule has 0 aliphatic heterocycles. The minimum atomic E-state index is -0.761. The number of nitrogens with zero attached hydrogens (tertiary/aromatic N) is 3. The van der Waals surface area contributed by atoms with E-state index in [9.17, 15) is 9.59 Å². The number of rotatable bonds is 4. The lowest BCUT2D eigenvalue weighted by molar-refractivity contribution is -0.114. The van der Waals surface area contributed by atoms with E-state index in [1.165, 1.54) is 19.3 Å². The van der Waals surface area contributed by atoms with Gasteiger partial charge in [-0.3, -0.25) is 4.79 Å². The Morgan fingerprint density at radius 2 is 2.38 bits per heavy atom. The second-order valence-corrected chi connectivity index (χ2v) is 1.65. The summed E-state index contributed by atoms with van der Waals surface area (Å²) in [6.45, 7) is -0.243. The van der Waals surface area contributed by atoms with Crippen molar-refractivity contribution in [2.24, 2.45) is 10.1 Å². The number of carbonyl (C=O) groups excluding carboxylic acids is 2. The second-order valence-electron chi connectivity index (χ2n) is 1.65. The van der Waals surface area contributed by atoms with Crippen molar-refractivity contribution in [3.8, 4) is 6.07 Å². The third kappa shape index (κ3) is 4.29. The number of nitriles is 1. The van der Waals surface area contributed by atoms with Crippen molar-refractivity contribution >= 4 is 17.7 Å². The lowest BCUT2D eigenvalue weighted by Gasteiger charge is -1.96. The van der Waals surface area contributed by atoms with Gasteiger partial charge < -0.3 is 10.2 Å². The highest BCUT2D eigenvalue weighted by Crippen LogP contribution is 1.78. The van der Waals surface area contributed by atoms with Gasteiger partial charge >= 0.3 is 0 Å². The standard InChI is InChI=1S/C6H6N4O3/c1-13-10-5(2-7)6(12)9-3-8-4-11/h3H2,1H3,(H,9,12)/b10-5+. The first-order chi connectivity index (χ1) is 6.26.